The van der Waals surface area contributed by atoms with Crippen LogP contribution in [0.15, 0.2) is 11.4 Å². The molecular weight excluding hydrogens is 344 g/mol. The molecule has 2 rings (SSSR count). The van der Waals surface area contributed by atoms with Crippen LogP contribution >= 0.6 is 35.1 Å². The zero-order chi connectivity index (χ0) is 15.4. The van der Waals surface area contributed by atoms with Crippen molar-refractivity contribution in [1.29, 1.82) is 0 Å². The molecule has 1 unspecified atom stereocenters. The van der Waals surface area contributed by atoms with Gasteiger partial charge in [-0.05, 0) is 25.3 Å². The van der Waals surface area contributed by atoms with E-state index in [4.69, 9.17) is 10.5 Å². The van der Waals surface area contributed by atoms with E-state index >= 15 is 0 Å². The van der Waals surface area contributed by atoms with Gasteiger partial charge in [-0.2, -0.15) is 0 Å². The van der Waals surface area contributed by atoms with E-state index in [-0.39, 0.29) is 36.7 Å². The summed E-state index contributed by atoms with van der Waals surface area (Å²) in [6, 6.07) is 1.79. The minimum atomic E-state index is -0.331. The average Bonchev–Trinajstić information content (AvgIpc) is 2.96. The number of esters is 1. The fourth-order valence-electron chi connectivity index (χ4n) is 1.95. The molecule has 0 aromatic carbocycles. The summed E-state index contributed by atoms with van der Waals surface area (Å²) in [6.45, 7) is 4.21. The van der Waals surface area contributed by atoms with E-state index in [1.54, 1.807) is 25.2 Å². The van der Waals surface area contributed by atoms with E-state index < -0.39 is 0 Å². The first-order chi connectivity index (χ1) is 10.0. The molecule has 22 heavy (non-hydrogen) atoms. The Kier molecular flexibility index (Phi) is 7.28. The third-order valence-corrected chi connectivity index (χ3v) is 5.10. The second-order valence-electron chi connectivity index (χ2n) is 4.70. The van der Waals surface area contributed by atoms with Crippen molar-refractivity contribution in [3.63, 3.8) is 0 Å². The normalized spacial score (nSPS) is 11.8. The third kappa shape index (κ3) is 4.42. The van der Waals surface area contributed by atoms with Gasteiger partial charge in [0.25, 0.3) is 0 Å². The first kappa shape index (κ1) is 18.9. The van der Waals surface area contributed by atoms with E-state index in [1.807, 2.05) is 11.4 Å². The van der Waals surface area contributed by atoms with Crippen LogP contribution in [-0.4, -0.2) is 24.5 Å². The molecule has 0 radical (unpaired) electrons. The number of amides is 1. The highest BCUT2D eigenvalue weighted by molar-refractivity contribution is 7.28. The number of ether oxygens (including phenoxy) is 1. The maximum atomic E-state index is 12.0. The van der Waals surface area contributed by atoms with Gasteiger partial charge in [-0.15, -0.1) is 35.1 Å². The standard InChI is InChI=1S/C14H18N2O3S2.ClH/c1-3-19-14(18)13-9(7-16-11(17)6-8(2)15)12-10(21-13)4-5-20-12;/h4-5,8H,3,6-7,15H2,1-2H3,(H,16,17);1H. The second-order valence-corrected chi connectivity index (χ2v) is 6.67. The first-order valence-electron chi connectivity index (χ1n) is 6.71. The van der Waals surface area contributed by atoms with Crippen molar-refractivity contribution in [2.24, 2.45) is 5.73 Å². The maximum Gasteiger partial charge on any atom is 0.348 e. The molecule has 5 nitrogen and oxygen atoms in total. The van der Waals surface area contributed by atoms with Crippen LogP contribution in [0.3, 0.4) is 0 Å². The van der Waals surface area contributed by atoms with Crippen LogP contribution in [0.5, 0.6) is 0 Å². The Bertz CT molecular complexity index is 652. The predicted molar refractivity (Wildman–Crippen MR) is 93.0 cm³/mol. The lowest BCUT2D eigenvalue weighted by Crippen LogP contribution is -2.29. The van der Waals surface area contributed by atoms with Crippen molar-refractivity contribution in [2.75, 3.05) is 6.61 Å². The van der Waals surface area contributed by atoms with Crippen molar-refractivity contribution in [3.8, 4) is 0 Å². The summed E-state index contributed by atoms with van der Waals surface area (Å²) in [5.74, 6) is -0.446. The molecule has 0 aliphatic carbocycles. The zero-order valence-electron chi connectivity index (χ0n) is 12.4. The van der Waals surface area contributed by atoms with Crippen LogP contribution in [0.2, 0.25) is 0 Å². The van der Waals surface area contributed by atoms with Crippen LogP contribution in [0, 0.1) is 0 Å². The molecule has 1 atom stereocenters. The summed E-state index contributed by atoms with van der Waals surface area (Å²) in [4.78, 5) is 24.3. The molecule has 8 heteroatoms. The SMILES string of the molecule is CCOC(=O)c1sc2ccsc2c1CNC(=O)CC(C)N.Cl. The van der Waals surface area contributed by atoms with Gasteiger partial charge in [0.2, 0.25) is 5.91 Å². The summed E-state index contributed by atoms with van der Waals surface area (Å²) >= 11 is 2.97. The Morgan fingerprint density at radius 2 is 2.18 bits per heavy atom. The molecule has 0 bridgehead atoms. The van der Waals surface area contributed by atoms with Gasteiger partial charge in [0.15, 0.2) is 0 Å². The van der Waals surface area contributed by atoms with Gasteiger partial charge in [-0.3, -0.25) is 4.79 Å². The van der Waals surface area contributed by atoms with Gasteiger partial charge in [0, 0.05) is 29.3 Å². The minimum absolute atomic E-state index is 0. The van der Waals surface area contributed by atoms with E-state index in [9.17, 15) is 9.59 Å². The lowest BCUT2D eigenvalue weighted by molar-refractivity contribution is -0.121. The number of nitrogens with one attached hydrogen (secondary N) is 1. The molecule has 0 aliphatic heterocycles. The predicted octanol–water partition coefficient (Wildman–Crippen LogP) is 2.91. The molecule has 2 aromatic heterocycles. The second kappa shape index (κ2) is 8.47. The van der Waals surface area contributed by atoms with Gasteiger partial charge in [0.05, 0.1) is 11.3 Å². The fraction of sp³-hybridized carbons (Fsp3) is 0.429. The molecule has 2 aromatic rings. The topological polar surface area (TPSA) is 81.4 Å². The van der Waals surface area contributed by atoms with Crippen molar-refractivity contribution in [2.45, 2.75) is 32.9 Å². The fourth-order valence-corrected chi connectivity index (χ4v) is 4.22. The van der Waals surface area contributed by atoms with Crippen molar-refractivity contribution < 1.29 is 14.3 Å². The Morgan fingerprint density at radius 3 is 2.82 bits per heavy atom. The van der Waals surface area contributed by atoms with Crippen LogP contribution in [0.1, 0.15) is 35.5 Å². The summed E-state index contributed by atoms with van der Waals surface area (Å²) in [5.41, 5.74) is 6.44. The lowest BCUT2D eigenvalue weighted by atomic mass is 10.2. The number of fused-ring (bicyclic) bond motifs is 1. The monoisotopic (exact) mass is 362 g/mol. The number of nitrogens with two attached hydrogens (primary N) is 1. The number of hydrogen-bond donors (Lipinski definition) is 2. The molecule has 0 saturated carbocycles. The van der Waals surface area contributed by atoms with Gasteiger partial charge < -0.3 is 15.8 Å². The molecule has 2 heterocycles. The molecule has 0 saturated heterocycles. The van der Waals surface area contributed by atoms with Crippen molar-refractivity contribution in [1.82, 2.24) is 5.32 Å². The molecule has 3 N–H and O–H groups in total. The summed E-state index contributed by atoms with van der Waals surface area (Å²) < 4.78 is 7.16. The Labute approximate surface area is 143 Å². The van der Waals surface area contributed by atoms with E-state index in [1.165, 1.54) is 11.3 Å². The molecule has 0 fully saturated rings. The molecule has 1 amide bonds. The van der Waals surface area contributed by atoms with Crippen LogP contribution in [0.25, 0.3) is 9.40 Å². The Balaban J connectivity index is 0.00000242. The van der Waals surface area contributed by atoms with Gasteiger partial charge in [-0.1, -0.05) is 0 Å². The maximum absolute atomic E-state index is 12.0. The number of carbonyl (C=O) groups is 2. The average molecular weight is 363 g/mol. The molecule has 122 valence electrons. The van der Waals surface area contributed by atoms with Gasteiger partial charge >= 0.3 is 5.97 Å². The van der Waals surface area contributed by atoms with Crippen LogP contribution < -0.4 is 11.1 Å². The van der Waals surface area contributed by atoms with Crippen molar-refractivity contribution >= 4 is 56.4 Å². The number of rotatable bonds is 6. The number of hydrogen-bond acceptors (Lipinski definition) is 6. The molecule has 0 spiro atoms. The Hall–Kier alpha value is -1.15. The van der Waals surface area contributed by atoms with Gasteiger partial charge in [0.1, 0.15) is 4.88 Å². The number of halogens is 1. The first-order valence-corrected chi connectivity index (χ1v) is 8.40. The third-order valence-electron chi connectivity index (χ3n) is 2.82. The van der Waals surface area contributed by atoms with Gasteiger partial charge in [-0.25, -0.2) is 4.79 Å². The summed E-state index contributed by atoms with van der Waals surface area (Å²) in [5, 5.41) is 4.80. The van der Waals surface area contributed by atoms with Crippen molar-refractivity contribution in [3.05, 3.63) is 21.9 Å². The smallest absolute Gasteiger partial charge is 0.348 e. The number of thiophene rings is 2. The highest BCUT2D eigenvalue weighted by atomic mass is 35.5. The van der Waals surface area contributed by atoms with Crippen LogP contribution in [0.4, 0.5) is 0 Å². The molecular formula is C14H19ClN2O3S2. The summed E-state index contributed by atoms with van der Waals surface area (Å²) in [7, 11) is 0. The highest BCUT2D eigenvalue weighted by Crippen LogP contribution is 2.35. The lowest BCUT2D eigenvalue weighted by Gasteiger charge is -2.08. The highest BCUT2D eigenvalue weighted by Gasteiger charge is 2.20. The largest absolute Gasteiger partial charge is 0.462 e. The van der Waals surface area contributed by atoms with E-state index in [2.05, 4.69) is 5.32 Å². The zero-order valence-corrected chi connectivity index (χ0v) is 14.8. The minimum Gasteiger partial charge on any atom is -0.462 e. The number of carbonyl (C=O) groups excluding carboxylic acids is 2. The molecule has 0 aliphatic rings. The van der Waals surface area contributed by atoms with E-state index in [0.29, 0.717) is 18.0 Å². The summed E-state index contributed by atoms with van der Waals surface area (Å²) in [6.07, 6.45) is 0.270. The quantitative estimate of drug-likeness (QED) is 0.774. The van der Waals surface area contributed by atoms with E-state index in [0.717, 1.165) is 15.0 Å². The van der Waals surface area contributed by atoms with Crippen LogP contribution in [-0.2, 0) is 16.1 Å². The Morgan fingerprint density at radius 1 is 1.45 bits per heavy atom.